The van der Waals surface area contributed by atoms with Gasteiger partial charge in [0.05, 0.1) is 6.20 Å². The zero-order valence-corrected chi connectivity index (χ0v) is 14.6. The van der Waals surface area contributed by atoms with Crippen LogP contribution >= 0.6 is 11.8 Å². The van der Waals surface area contributed by atoms with Gasteiger partial charge < -0.3 is 9.47 Å². The van der Waals surface area contributed by atoms with Gasteiger partial charge >= 0.3 is 0 Å². The van der Waals surface area contributed by atoms with Crippen molar-refractivity contribution in [3.05, 3.63) is 66.1 Å². The van der Waals surface area contributed by atoms with Gasteiger partial charge in [0.1, 0.15) is 17.1 Å². The lowest BCUT2D eigenvalue weighted by molar-refractivity contribution is 0.0772. The fraction of sp³-hybridized carbons (Fsp3) is 0.222. The van der Waals surface area contributed by atoms with E-state index in [0.29, 0.717) is 24.5 Å². The maximum absolute atomic E-state index is 14.3. The van der Waals surface area contributed by atoms with Crippen LogP contribution in [0, 0.1) is 11.6 Å². The van der Waals surface area contributed by atoms with Crippen molar-refractivity contribution in [2.75, 3.05) is 24.6 Å². The molecule has 0 saturated carbocycles. The molecule has 8 heteroatoms. The van der Waals surface area contributed by atoms with Gasteiger partial charge in [0.15, 0.2) is 11.6 Å². The van der Waals surface area contributed by atoms with Crippen molar-refractivity contribution in [1.82, 2.24) is 19.2 Å². The molecule has 0 N–H and O–H groups in total. The molecule has 1 aromatic carbocycles. The standard InChI is InChI=1S/C18H16F2N4OS/c19-13-3-4-16(15(20)11-13)24-17(22-5-1-2-6-22)14(12-21-24)18(25)23-7-9-26-10-8-23/h1-6,11-12H,7-10H2. The second-order valence-electron chi connectivity index (χ2n) is 5.88. The summed E-state index contributed by atoms with van der Waals surface area (Å²) in [5.74, 6) is 0.681. The maximum Gasteiger partial charge on any atom is 0.259 e. The minimum atomic E-state index is -0.741. The monoisotopic (exact) mass is 374 g/mol. The summed E-state index contributed by atoms with van der Waals surface area (Å²) in [7, 11) is 0. The van der Waals surface area contributed by atoms with Crippen LogP contribution in [0.2, 0.25) is 0 Å². The molecule has 1 aliphatic heterocycles. The molecule has 0 unspecified atom stereocenters. The first-order chi connectivity index (χ1) is 12.6. The van der Waals surface area contributed by atoms with E-state index in [-0.39, 0.29) is 11.6 Å². The molecule has 2 aromatic heterocycles. The van der Waals surface area contributed by atoms with Crippen molar-refractivity contribution < 1.29 is 13.6 Å². The maximum atomic E-state index is 14.3. The van der Waals surface area contributed by atoms with Crippen LogP contribution in [0.1, 0.15) is 10.4 Å². The number of carbonyl (C=O) groups excluding carboxylic acids is 1. The zero-order valence-electron chi connectivity index (χ0n) is 13.8. The Morgan fingerprint density at radius 3 is 2.54 bits per heavy atom. The number of benzene rings is 1. The fourth-order valence-corrected chi connectivity index (χ4v) is 3.89. The van der Waals surface area contributed by atoms with Crippen LogP contribution in [0.25, 0.3) is 11.5 Å². The Morgan fingerprint density at radius 2 is 1.85 bits per heavy atom. The van der Waals surface area contributed by atoms with Gasteiger partial charge in [0.2, 0.25) is 0 Å². The van der Waals surface area contributed by atoms with Crippen LogP contribution in [0.3, 0.4) is 0 Å². The first-order valence-corrected chi connectivity index (χ1v) is 9.34. The predicted molar refractivity (Wildman–Crippen MR) is 96.0 cm³/mol. The Bertz CT molecular complexity index is 933. The Morgan fingerprint density at radius 1 is 1.12 bits per heavy atom. The molecule has 1 saturated heterocycles. The lowest BCUT2D eigenvalue weighted by Crippen LogP contribution is -2.38. The van der Waals surface area contributed by atoms with E-state index in [1.54, 1.807) is 21.9 Å². The fourth-order valence-electron chi connectivity index (χ4n) is 2.98. The summed E-state index contributed by atoms with van der Waals surface area (Å²) in [6.45, 7) is 1.34. The van der Waals surface area contributed by atoms with Gasteiger partial charge in [-0.2, -0.15) is 16.9 Å². The van der Waals surface area contributed by atoms with Crippen molar-refractivity contribution in [2.45, 2.75) is 0 Å². The summed E-state index contributed by atoms with van der Waals surface area (Å²) < 4.78 is 30.6. The van der Waals surface area contributed by atoms with Crippen LogP contribution in [0.5, 0.6) is 0 Å². The van der Waals surface area contributed by atoms with Crippen molar-refractivity contribution in [3.63, 3.8) is 0 Å². The highest BCUT2D eigenvalue weighted by Gasteiger charge is 2.26. The lowest BCUT2D eigenvalue weighted by Gasteiger charge is -2.26. The zero-order chi connectivity index (χ0) is 18.1. The third-order valence-electron chi connectivity index (χ3n) is 4.26. The number of thioether (sulfide) groups is 1. The highest BCUT2D eigenvalue weighted by molar-refractivity contribution is 7.99. The summed E-state index contributed by atoms with van der Waals surface area (Å²) in [6, 6.07) is 6.91. The van der Waals surface area contributed by atoms with E-state index in [0.717, 1.165) is 17.6 Å². The second-order valence-corrected chi connectivity index (χ2v) is 7.11. The van der Waals surface area contributed by atoms with Crippen molar-refractivity contribution in [2.24, 2.45) is 0 Å². The number of aromatic nitrogens is 3. The molecule has 134 valence electrons. The summed E-state index contributed by atoms with van der Waals surface area (Å²) in [5, 5.41) is 4.23. The van der Waals surface area contributed by atoms with Gasteiger partial charge in [-0.15, -0.1) is 0 Å². The lowest BCUT2D eigenvalue weighted by atomic mass is 10.2. The molecule has 3 heterocycles. The van der Waals surface area contributed by atoms with E-state index >= 15 is 0 Å². The highest BCUT2D eigenvalue weighted by atomic mass is 32.2. The molecule has 0 aliphatic carbocycles. The van der Waals surface area contributed by atoms with E-state index in [9.17, 15) is 13.6 Å². The average Bonchev–Trinajstić information content (AvgIpc) is 3.31. The van der Waals surface area contributed by atoms with E-state index in [1.165, 1.54) is 23.0 Å². The molecule has 0 bridgehead atoms. The molecule has 0 spiro atoms. The van der Waals surface area contributed by atoms with E-state index in [4.69, 9.17) is 0 Å². The van der Waals surface area contributed by atoms with E-state index in [2.05, 4.69) is 5.10 Å². The average molecular weight is 374 g/mol. The van der Waals surface area contributed by atoms with Gasteiger partial charge in [-0.25, -0.2) is 13.5 Å². The molecule has 1 fully saturated rings. The molecule has 1 amide bonds. The van der Waals surface area contributed by atoms with Gasteiger partial charge in [0, 0.05) is 43.1 Å². The number of halogens is 2. The number of nitrogens with zero attached hydrogens (tertiary/aromatic N) is 4. The molecule has 26 heavy (non-hydrogen) atoms. The molecule has 1 aliphatic rings. The number of rotatable bonds is 3. The first kappa shape index (κ1) is 16.8. The molecule has 3 aromatic rings. The van der Waals surface area contributed by atoms with E-state index in [1.807, 2.05) is 23.9 Å². The van der Waals surface area contributed by atoms with Crippen molar-refractivity contribution >= 4 is 17.7 Å². The number of hydrogen-bond acceptors (Lipinski definition) is 3. The Labute approximate surface area is 153 Å². The normalized spacial score (nSPS) is 14.6. The van der Waals surface area contributed by atoms with Crippen LogP contribution in [-0.2, 0) is 0 Å². The third kappa shape index (κ3) is 3.01. The van der Waals surface area contributed by atoms with Crippen LogP contribution in [0.15, 0.2) is 48.9 Å². The second kappa shape index (κ2) is 6.95. The van der Waals surface area contributed by atoms with Gasteiger partial charge in [0.25, 0.3) is 5.91 Å². The van der Waals surface area contributed by atoms with Gasteiger partial charge in [-0.05, 0) is 24.3 Å². The van der Waals surface area contributed by atoms with E-state index < -0.39 is 11.6 Å². The first-order valence-electron chi connectivity index (χ1n) is 8.19. The summed E-state index contributed by atoms with van der Waals surface area (Å²) >= 11 is 1.81. The van der Waals surface area contributed by atoms with Crippen LogP contribution < -0.4 is 0 Å². The molecular formula is C18H16F2N4OS. The van der Waals surface area contributed by atoms with Crippen molar-refractivity contribution in [3.8, 4) is 11.5 Å². The summed E-state index contributed by atoms with van der Waals surface area (Å²) in [6.07, 6.45) is 4.97. The van der Waals surface area contributed by atoms with Crippen LogP contribution in [0.4, 0.5) is 8.78 Å². The third-order valence-corrected chi connectivity index (χ3v) is 5.20. The Hall–Kier alpha value is -2.61. The van der Waals surface area contributed by atoms with Gasteiger partial charge in [-0.1, -0.05) is 0 Å². The number of hydrogen-bond donors (Lipinski definition) is 0. The smallest absolute Gasteiger partial charge is 0.259 e. The summed E-state index contributed by atoms with van der Waals surface area (Å²) in [5.41, 5.74) is 0.472. The molecule has 4 rings (SSSR count). The van der Waals surface area contributed by atoms with Crippen LogP contribution in [-0.4, -0.2) is 49.7 Å². The molecule has 0 atom stereocenters. The Balaban J connectivity index is 1.83. The topological polar surface area (TPSA) is 43.1 Å². The van der Waals surface area contributed by atoms with Gasteiger partial charge in [-0.3, -0.25) is 4.79 Å². The summed E-state index contributed by atoms with van der Waals surface area (Å²) in [4.78, 5) is 14.8. The number of carbonyl (C=O) groups is 1. The molecule has 0 radical (unpaired) electrons. The minimum Gasteiger partial charge on any atom is -0.337 e. The SMILES string of the molecule is O=C(c1cnn(-c2ccc(F)cc2F)c1-n1cccc1)N1CCSCC1. The minimum absolute atomic E-state index is 0.0864. The van der Waals surface area contributed by atoms with Crippen molar-refractivity contribution in [1.29, 1.82) is 0 Å². The predicted octanol–water partition coefficient (Wildman–Crippen LogP) is 3.13. The molecule has 5 nitrogen and oxygen atoms in total. The molecular weight excluding hydrogens is 358 g/mol. The quantitative estimate of drug-likeness (QED) is 0.707. The Kier molecular flexibility index (Phi) is 4.50. The number of amides is 1. The highest BCUT2D eigenvalue weighted by Crippen LogP contribution is 2.24. The largest absolute Gasteiger partial charge is 0.337 e.